The van der Waals surface area contributed by atoms with Crippen LogP contribution in [0.1, 0.15) is 10.4 Å². The van der Waals surface area contributed by atoms with Gasteiger partial charge in [-0.1, -0.05) is 11.6 Å². The highest BCUT2D eigenvalue weighted by molar-refractivity contribution is 6.32. The first-order chi connectivity index (χ1) is 6.22. The number of carbonyl (C=O) groups is 1. The normalized spacial score (nSPS) is 9.46. The van der Waals surface area contributed by atoms with Crippen molar-refractivity contribution < 1.29 is 14.3 Å². The van der Waals surface area contributed by atoms with Gasteiger partial charge in [-0.15, -0.1) is 0 Å². The molecule has 0 aliphatic rings. The minimum Gasteiger partial charge on any atom is -0.480 e. The number of aldehydes is 1. The van der Waals surface area contributed by atoms with Gasteiger partial charge in [0.25, 0.3) is 0 Å². The Bertz CT molecular complexity index is 330. The second kappa shape index (κ2) is 4.04. The average Bonchev–Trinajstić information content (AvgIpc) is 2.16. The summed E-state index contributed by atoms with van der Waals surface area (Å²) >= 11 is 5.65. The summed E-state index contributed by atoms with van der Waals surface area (Å²) in [6, 6.07) is 0.0625. The van der Waals surface area contributed by atoms with E-state index in [1.54, 1.807) is 0 Å². The smallest absolute Gasteiger partial charge is 0.320 e. The Kier molecular flexibility index (Phi) is 3.02. The molecular weight excluding hydrogens is 197 g/mol. The average molecular weight is 204 g/mol. The zero-order valence-corrected chi connectivity index (χ0v) is 7.83. The quantitative estimate of drug-likeness (QED) is 0.416. The molecule has 0 saturated carbocycles. The fourth-order valence-electron chi connectivity index (χ4n) is 0.750. The summed E-state index contributed by atoms with van der Waals surface area (Å²) in [5, 5.41) is 0.0127. The maximum absolute atomic E-state index is 10.5. The Morgan fingerprint density at radius 2 is 2.00 bits per heavy atom. The van der Waals surface area contributed by atoms with Gasteiger partial charge in [-0.3, -0.25) is 4.79 Å². The van der Waals surface area contributed by atoms with Crippen LogP contribution in [-0.2, 0) is 0 Å². The fourth-order valence-corrected chi connectivity index (χ4v) is 0.948. The lowest BCUT2D eigenvalue weighted by Crippen LogP contribution is -2.00. The third-order valence-electron chi connectivity index (χ3n) is 1.34. The minimum absolute atomic E-state index is 0.0127. The van der Waals surface area contributed by atoms with E-state index in [0.717, 1.165) is 0 Å². The first-order valence-electron chi connectivity index (χ1n) is 3.33. The molecule has 0 N–H and O–H groups in total. The largest absolute Gasteiger partial charge is 0.480 e. The van der Waals surface area contributed by atoms with Crippen molar-refractivity contribution in [2.75, 3.05) is 14.2 Å². The first kappa shape index (κ1) is 9.73. The second-order valence-electron chi connectivity index (χ2n) is 2.04. The highest BCUT2D eigenvalue weighted by atomic mass is 35.5. The number of carbonyl (C=O) groups excluding carboxylic acids is 1. The van der Waals surface area contributed by atoms with Crippen LogP contribution in [0.15, 0.2) is 0 Å². The van der Waals surface area contributed by atoms with E-state index < -0.39 is 0 Å². The molecule has 0 atom stereocenters. The van der Waals surface area contributed by atoms with E-state index in [2.05, 4.69) is 9.97 Å². The van der Waals surface area contributed by atoms with Crippen LogP contribution < -0.4 is 9.47 Å². The molecule has 0 saturated heterocycles. The monoisotopic (exact) mass is 203 g/mol. The zero-order chi connectivity index (χ0) is 9.84. The number of rotatable bonds is 3. The molecule has 1 heterocycles. The van der Waals surface area contributed by atoms with E-state index >= 15 is 0 Å². The van der Waals surface area contributed by atoms with Crippen molar-refractivity contribution in [3.63, 3.8) is 0 Å². The summed E-state index contributed by atoms with van der Waals surface area (Å²) in [5.74, 6) is 0.104. The van der Waals surface area contributed by atoms with Gasteiger partial charge in [0.1, 0.15) is 5.56 Å². The molecule has 0 radical (unpaired) electrons. The summed E-state index contributed by atoms with van der Waals surface area (Å²) in [7, 11) is 2.77. The summed E-state index contributed by atoms with van der Waals surface area (Å²) in [6.45, 7) is 0. The number of aromatic nitrogens is 2. The molecule has 13 heavy (non-hydrogen) atoms. The Hall–Kier alpha value is -1.36. The van der Waals surface area contributed by atoms with Gasteiger partial charge >= 0.3 is 6.01 Å². The molecule has 1 rings (SSSR count). The molecule has 0 bridgehead atoms. The lowest BCUT2D eigenvalue weighted by molar-refractivity contribution is 0.111. The third kappa shape index (κ3) is 1.86. The Morgan fingerprint density at radius 1 is 1.31 bits per heavy atom. The van der Waals surface area contributed by atoms with Crippen LogP contribution in [0.2, 0.25) is 5.15 Å². The number of halogens is 1. The highest BCUT2D eigenvalue weighted by Gasteiger charge is 2.12. The standard InChI is InChI=1S/C7H7ClN2O3/c1-12-6-4(3-11)5(8)9-7(10-6)13-2/h3H,1-2H3/i3+1. The summed E-state index contributed by atoms with van der Waals surface area (Å²) in [6.07, 6.45) is 0.528. The van der Waals surface area contributed by atoms with E-state index in [-0.39, 0.29) is 22.6 Å². The van der Waals surface area contributed by atoms with Crippen LogP contribution in [0.5, 0.6) is 11.9 Å². The van der Waals surface area contributed by atoms with Crippen LogP contribution in [0.3, 0.4) is 0 Å². The molecule has 0 unspecified atom stereocenters. The van der Waals surface area contributed by atoms with Gasteiger partial charge in [0.15, 0.2) is 11.4 Å². The van der Waals surface area contributed by atoms with Gasteiger partial charge in [-0.25, -0.2) is 0 Å². The van der Waals surface area contributed by atoms with Crippen molar-refractivity contribution >= 4 is 17.9 Å². The molecule has 0 fully saturated rings. The molecule has 0 spiro atoms. The fraction of sp³-hybridized carbons (Fsp3) is 0.286. The topological polar surface area (TPSA) is 61.3 Å². The van der Waals surface area contributed by atoms with Gasteiger partial charge < -0.3 is 9.47 Å². The van der Waals surface area contributed by atoms with Crippen molar-refractivity contribution in [1.82, 2.24) is 9.97 Å². The zero-order valence-electron chi connectivity index (χ0n) is 7.07. The number of hydrogen-bond acceptors (Lipinski definition) is 5. The molecule has 70 valence electrons. The van der Waals surface area contributed by atoms with Crippen LogP contribution in [0.4, 0.5) is 0 Å². The van der Waals surface area contributed by atoms with Gasteiger partial charge in [-0.05, 0) is 0 Å². The van der Waals surface area contributed by atoms with Crippen molar-refractivity contribution in [2.45, 2.75) is 0 Å². The van der Waals surface area contributed by atoms with E-state index in [4.69, 9.17) is 21.1 Å². The van der Waals surface area contributed by atoms with E-state index in [1.807, 2.05) is 0 Å². The number of hydrogen-bond donors (Lipinski definition) is 0. The molecule has 0 aromatic carbocycles. The number of nitrogens with zero attached hydrogens (tertiary/aromatic N) is 2. The molecular formula is C7H7ClN2O3. The van der Waals surface area contributed by atoms with Crippen LogP contribution in [0.25, 0.3) is 0 Å². The SMILES string of the molecule is COc1nc(Cl)c([13CH]=O)c(OC)n1. The van der Waals surface area contributed by atoms with Gasteiger partial charge in [0, 0.05) is 0 Å². The van der Waals surface area contributed by atoms with E-state index in [1.165, 1.54) is 14.2 Å². The molecule has 5 nitrogen and oxygen atoms in total. The predicted octanol–water partition coefficient (Wildman–Crippen LogP) is 0.960. The Morgan fingerprint density at radius 3 is 2.46 bits per heavy atom. The number of methoxy groups -OCH3 is 2. The second-order valence-corrected chi connectivity index (χ2v) is 2.40. The summed E-state index contributed by atoms with van der Waals surface area (Å²) < 4.78 is 9.55. The molecule has 0 aliphatic carbocycles. The van der Waals surface area contributed by atoms with E-state index in [0.29, 0.717) is 6.29 Å². The highest BCUT2D eigenvalue weighted by Crippen LogP contribution is 2.23. The van der Waals surface area contributed by atoms with Crippen molar-refractivity contribution in [3.05, 3.63) is 10.7 Å². The van der Waals surface area contributed by atoms with E-state index in [9.17, 15) is 4.79 Å². The maximum atomic E-state index is 10.5. The van der Waals surface area contributed by atoms with Crippen molar-refractivity contribution in [2.24, 2.45) is 0 Å². The van der Waals surface area contributed by atoms with Crippen LogP contribution in [-0.4, -0.2) is 30.5 Å². The molecule has 0 amide bonds. The summed E-state index contributed by atoms with van der Waals surface area (Å²) in [4.78, 5) is 18.0. The van der Waals surface area contributed by atoms with Gasteiger partial charge in [-0.2, -0.15) is 9.97 Å². The Labute approximate surface area is 79.7 Å². The lowest BCUT2D eigenvalue weighted by atomic mass is 10.5. The van der Waals surface area contributed by atoms with Gasteiger partial charge in [0.05, 0.1) is 14.2 Å². The maximum Gasteiger partial charge on any atom is 0.320 e. The third-order valence-corrected chi connectivity index (χ3v) is 1.63. The van der Waals surface area contributed by atoms with Crippen molar-refractivity contribution in [3.8, 4) is 11.9 Å². The summed E-state index contributed by atoms with van der Waals surface area (Å²) in [5.41, 5.74) is 0.116. The van der Waals surface area contributed by atoms with Crippen molar-refractivity contribution in [1.29, 1.82) is 0 Å². The van der Waals surface area contributed by atoms with Crippen LogP contribution >= 0.6 is 11.6 Å². The number of ether oxygens (including phenoxy) is 2. The van der Waals surface area contributed by atoms with Crippen LogP contribution in [0, 0.1) is 0 Å². The molecule has 0 aliphatic heterocycles. The minimum atomic E-state index is 0.0127. The molecule has 1 aromatic heterocycles. The first-order valence-corrected chi connectivity index (χ1v) is 3.71. The molecule has 6 heteroatoms. The van der Waals surface area contributed by atoms with Gasteiger partial charge in [0.2, 0.25) is 5.88 Å². The lowest BCUT2D eigenvalue weighted by Gasteiger charge is -2.04. The predicted molar refractivity (Wildman–Crippen MR) is 45.5 cm³/mol. The Balaban J connectivity index is 3.28. The molecule has 1 aromatic rings.